The number of aliphatic carboxylic acids is 1. The molecule has 0 radical (unpaired) electrons. The number of nitrogen functional groups attached to an aromatic ring is 1. The number of nitrogens with two attached hydrogens (primary N) is 1. The first kappa shape index (κ1) is 34.4. The Morgan fingerprint density at radius 1 is 1.30 bits per heavy atom. The molecule has 1 saturated heterocycles. The summed E-state index contributed by atoms with van der Waals surface area (Å²) in [5, 5.41) is 32.3. The number of aromatic nitrogens is 4. The summed E-state index contributed by atoms with van der Waals surface area (Å²) < 4.78 is 3.28. The zero-order chi connectivity index (χ0) is 32.1. The Bertz CT molecular complexity index is 1810. The van der Waals surface area contributed by atoms with Crippen LogP contribution < -0.4 is 50.3 Å². The summed E-state index contributed by atoms with van der Waals surface area (Å²) >= 11 is 2.41. The summed E-state index contributed by atoms with van der Waals surface area (Å²) in [5.74, 6) is -3.30. The average Bonchev–Trinajstić information content (AvgIpc) is 3.70. The van der Waals surface area contributed by atoms with Gasteiger partial charge in [0.25, 0.3) is 11.8 Å². The van der Waals surface area contributed by atoms with Crippen molar-refractivity contribution in [2.24, 2.45) is 10.1 Å². The number of oxime groups is 1. The maximum Gasteiger partial charge on any atom is 1.00 e. The van der Waals surface area contributed by atoms with E-state index in [9.17, 15) is 24.3 Å². The predicted octanol–water partition coefficient (Wildman–Crippen LogP) is -3.51. The van der Waals surface area contributed by atoms with Crippen LogP contribution >= 0.6 is 23.1 Å². The molecule has 3 aromatic heterocycles. The minimum atomic E-state index is -1.51. The number of nitrogens with one attached hydrogen (secondary N) is 1. The van der Waals surface area contributed by atoms with Crippen molar-refractivity contribution < 1.29 is 63.2 Å². The molecule has 5 heterocycles. The van der Waals surface area contributed by atoms with E-state index in [0.717, 1.165) is 16.2 Å². The van der Waals surface area contributed by atoms with Gasteiger partial charge in [-0.05, 0) is 24.6 Å². The summed E-state index contributed by atoms with van der Waals surface area (Å²) in [6.07, 6.45) is 8.46. The standard InChI is InChI=1S/C27H24N10O6S2.Na/c1-2-43-34-19(18-13-45-27(29)31-18)23(39)32-20-24(40)37-21(26(41)42)15(12-44-25(20)37)4-3-8-35-9-5-16(6-10-35)36-11-7-17(33-36)22(38)30-14-28;/h3-7,9-11,13,20,25H,2,8,12H2,1H3,(H2,29,31)(H,32,39)(H,41,42);/q;+1/p-1/b4-3+,34-19-;/t20-,25-;/m1./s1. The molecule has 0 saturated carbocycles. The average molecular weight is 671 g/mol. The maximum atomic E-state index is 13.1. The van der Waals surface area contributed by atoms with Gasteiger partial charge in [0.15, 0.2) is 29.8 Å². The minimum Gasteiger partial charge on any atom is -0.543 e. The Balaban J connectivity index is 0.00000480. The number of carbonyl (C=O) groups excluding carboxylic acids is 4. The van der Waals surface area contributed by atoms with Gasteiger partial charge in [-0.15, -0.1) is 29.1 Å². The number of carbonyl (C=O) groups is 4. The van der Waals surface area contributed by atoms with Crippen molar-refractivity contribution in [1.29, 1.82) is 0 Å². The summed E-state index contributed by atoms with van der Waals surface area (Å²) in [5.41, 5.74) is 6.55. The number of thiazole rings is 1. The molecule has 2 aliphatic heterocycles. The van der Waals surface area contributed by atoms with E-state index in [1.165, 1.54) is 33.9 Å². The smallest absolute Gasteiger partial charge is 0.543 e. The second-order valence-electron chi connectivity index (χ2n) is 9.27. The topological polar surface area (TPSA) is 223 Å². The number of thioether (sulfide) groups is 1. The number of nitrogens with zero attached hydrogens (tertiary/aromatic N) is 8. The number of rotatable bonds is 11. The zero-order valence-corrected chi connectivity index (χ0v) is 28.0. The summed E-state index contributed by atoms with van der Waals surface area (Å²) in [6.45, 7) is 2.26. The van der Waals surface area contributed by atoms with Gasteiger partial charge in [0.1, 0.15) is 29.4 Å². The summed E-state index contributed by atoms with van der Waals surface area (Å²) in [4.78, 5) is 63.3. The molecule has 5 rings (SSSR count). The van der Waals surface area contributed by atoms with Crippen LogP contribution in [0.2, 0.25) is 0 Å². The van der Waals surface area contributed by atoms with Gasteiger partial charge in [0.05, 0.1) is 17.4 Å². The Morgan fingerprint density at radius 3 is 2.72 bits per heavy atom. The number of amides is 3. The van der Waals surface area contributed by atoms with E-state index in [4.69, 9.17) is 16.0 Å². The van der Waals surface area contributed by atoms with Gasteiger partial charge in [-0.1, -0.05) is 11.2 Å². The monoisotopic (exact) mass is 670 g/mol. The van der Waals surface area contributed by atoms with Gasteiger partial charge in [-0.25, -0.2) is 14.2 Å². The number of hydrogen-bond acceptors (Lipinski definition) is 12. The van der Waals surface area contributed by atoms with E-state index < -0.39 is 35.1 Å². The number of allylic oxidation sites excluding steroid dienone is 2. The molecule has 0 aliphatic carbocycles. The Hall–Kier alpha value is -4.45. The van der Waals surface area contributed by atoms with E-state index >= 15 is 0 Å². The fourth-order valence-electron chi connectivity index (χ4n) is 4.42. The predicted molar refractivity (Wildman–Crippen MR) is 160 cm³/mol. The van der Waals surface area contributed by atoms with Gasteiger partial charge in [-0.3, -0.25) is 19.3 Å². The largest absolute Gasteiger partial charge is 1.00 e. The third-order valence-electron chi connectivity index (χ3n) is 6.48. The molecule has 3 N–H and O–H groups in total. The summed E-state index contributed by atoms with van der Waals surface area (Å²) in [6, 6.07) is 5.40. The van der Waals surface area contributed by atoms with Crippen molar-refractivity contribution in [1.82, 2.24) is 25.0 Å². The first-order valence-electron chi connectivity index (χ1n) is 13.2. The van der Waals surface area contributed by atoms with Crippen molar-refractivity contribution in [3.8, 4) is 5.69 Å². The van der Waals surface area contributed by atoms with E-state index in [1.807, 2.05) is 4.57 Å². The molecular weight excluding hydrogens is 647 g/mol. The molecule has 0 bridgehead atoms. The van der Waals surface area contributed by atoms with Crippen molar-refractivity contribution in [2.75, 3.05) is 18.1 Å². The first-order valence-corrected chi connectivity index (χ1v) is 15.1. The maximum absolute atomic E-state index is 13.1. The number of carboxylic acids is 1. The quantitative estimate of drug-likeness (QED) is 0.0673. The Morgan fingerprint density at radius 2 is 2.07 bits per heavy atom. The summed E-state index contributed by atoms with van der Waals surface area (Å²) in [7, 11) is 0. The van der Waals surface area contributed by atoms with Crippen LogP contribution in [-0.4, -0.2) is 78.9 Å². The second-order valence-corrected chi connectivity index (χ2v) is 11.3. The van der Waals surface area contributed by atoms with E-state index in [0.29, 0.717) is 17.8 Å². The van der Waals surface area contributed by atoms with Crippen LogP contribution in [0.15, 0.2) is 75.7 Å². The molecule has 3 amide bonds. The van der Waals surface area contributed by atoms with Crippen LogP contribution in [-0.2, 0) is 25.8 Å². The molecule has 0 spiro atoms. The van der Waals surface area contributed by atoms with Crippen LogP contribution in [0.25, 0.3) is 11.1 Å². The molecule has 16 nitrogen and oxygen atoms in total. The van der Waals surface area contributed by atoms with Crippen LogP contribution in [0.1, 0.15) is 23.1 Å². The first-order chi connectivity index (χ1) is 21.7. The van der Waals surface area contributed by atoms with E-state index in [-0.39, 0.29) is 69.8 Å². The number of aliphatic imine (C=N–C) groups is 1. The second kappa shape index (κ2) is 15.2. The molecule has 1 fully saturated rings. The fraction of sp³-hybridized carbons (Fsp3) is 0.222. The van der Waals surface area contributed by atoms with Crippen LogP contribution in [0.4, 0.5) is 5.13 Å². The van der Waals surface area contributed by atoms with Gasteiger partial charge in [0, 0.05) is 29.5 Å². The van der Waals surface area contributed by atoms with Crippen LogP contribution in [0.5, 0.6) is 0 Å². The molecule has 3 aromatic rings. The molecule has 2 aliphatic rings. The fourth-order valence-corrected chi connectivity index (χ4v) is 6.29. The number of pyridine rings is 1. The van der Waals surface area contributed by atoms with Gasteiger partial charge >= 0.3 is 29.6 Å². The van der Waals surface area contributed by atoms with E-state index in [2.05, 4.69) is 25.5 Å². The molecule has 2 atom stereocenters. The number of anilines is 1. The van der Waals surface area contributed by atoms with Crippen molar-refractivity contribution in [3.05, 3.63) is 82.4 Å². The molecule has 0 unspecified atom stereocenters. The molecular formula is C27H23N10NaO6S2. The normalized spacial score (nSPS) is 17.5. The number of carboxylic acid groups (broad SMARTS) is 1. The van der Waals surface area contributed by atoms with Gasteiger partial charge in [0.2, 0.25) is 5.91 Å². The SMILES string of the molecule is CCO/N=C(\C(=O)N[C@@H]1C(=O)N2C(C(=O)[O-])=C(/C=C/C[n+]3ccc(-n4ccc(C(=O)N=C=[N-])n4)cc3)CS[C@H]12)c1csc(N)n1.[Na+]. The van der Waals surface area contributed by atoms with Crippen LogP contribution in [0.3, 0.4) is 0 Å². The number of fused-ring (bicyclic) bond motifs is 1. The van der Waals surface area contributed by atoms with Crippen LogP contribution in [0, 0.1) is 0 Å². The minimum absolute atomic E-state index is 0. The van der Waals surface area contributed by atoms with Gasteiger partial charge < -0.3 is 36.2 Å². The third kappa shape index (κ3) is 7.33. The molecule has 230 valence electrons. The zero-order valence-electron chi connectivity index (χ0n) is 24.4. The van der Waals surface area contributed by atoms with Gasteiger partial charge in [-0.2, -0.15) is 5.10 Å². The number of β-lactam (4-membered cyclic amide) rings is 1. The molecule has 0 aromatic carbocycles. The van der Waals surface area contributed by atoms with Crippen molar-refractivity contribution in [2.45, 2.75) is 24.9 Å². The van der Waals surface area contributed by atoms with Crippen molar-refractivity contribution >= 4 is 63.6 Å². The molecule has 19 heteroatoms. The number of hydrogen-bond donors (Lipinski definition) is 2. The molecule has 46 heavy (non-hydrogen) atoms. The van der Waals surface area contributed by atoms with E-state index in [1.54, 1.807) is 49.8 Å². The Kier molecular flexibility index (Phi) is 11.4. The Labute approximate surface area is 291 Å². The van der Waals surface area contributed by atoms with Crippen molar-refractivity contribution in [3.63, 3.8) is 0 Å². The third-order valence-corrected chi connectivity index (χ3v) is 8.45.